The van der Waals surface area contributed by atoms with Crippen LogP contribution in [0.15, 0.2) is 48.5 Å². The molecule has 0 unspecified atom stereocenters. The normalized spacial score (nSPS) is 14.0. The van der Waals surface area contributed by atoms with Gasteiger partial charge >= 0.3 is 0 Å². The molecule has 4 aromatic carbocycles. The van der Waals surface area contributed by atoms with Gasteiger partial charge in [-0.2, -0.15) is 0 Å². The fourth-order valence-corrected chi connectivity index (χ4v) is 5.37. The number of hydrogen-bond acceptors (Lipinski definition) is 4. The topological polar surface area (TPSA) is 86.3 Å². The molecule has 2 aliphatic rings. The zero-order valence-corrected chi connectivity index (χ0v) is 16.0. The summed E-state index contributed by atoms with van der Waals surface area (Å²) in [5.41, 5.74) is 5.92. The lowest BCUT2D eigenvalue weighted by atomic mass is 9.89. The van der Waals surface area contributed by atoms with Crippen LogP contribution in [-0.4, -0.2) is 9.85 Å². The van der Waals surface area contributed by atoms with E-state index in [4.69, 9.17) is 0 Å². The Morgan fingerprint density at radius 3 is 1.17 bits per heavy atom. The van der Waals surface area contributed by atoms with Crippen LogP contribution in [0.25, 0.3) is 32.7 Å². The van der Waals surface area contributed by atoms with E-state index in [0.29, 0.717) is 21.9 Å². The molecule has 0 saturated carbocycles. The highest BCUT2D eigenvalue weighted by atomic mass is 16.6. The van der Waals surface area contributed by atoms with E-state index in [9.17, 15) is 20.2 Å². The predicted octanol–water partition coefficient (Wildman–Crippen LogP) is 5.67. The Kier molecular flexibility index (Phi) is 3.34. The first-order valence-electron chi connectivity index (χ1n) is 9.98. The lowest BCUT2D eigenvalue weighted by molar-refractivity contribution is -0.383. The van der Waals surface area contributed by atoms with Gasteiger partial charge in [-0.15, -0.1) is 0 Å². The fraction of sp³-hybridized carbons (Fsp3) is 0.167. The minimum Gasteiger partial charge on any atom is -0.258 e. The molecule has 0 N–H and O–H groups in total. The van der Waals surface area contributed by atoms with Crippen molar-refractivity contribution in [2.45, 2.75) is 25.7 Å². The number of benzene rings is 4. The summed E-state index contributed by atoms with van der Waals surface area (Å²) in [5.74, 6) is 0. The van der Waals surface area contributed by atoms with Gasteiger partial charge in [0.05, 0.1) is 20.6 Å². The number of nitro groups is 2. The summed E-state index contributed by atoms with van der Waals surface area (Å²) in [6.45, 7) is 0. The predicted molar refractivity (Wildman–Crippen MR) is 115 cm³/mol. The first-order valence-corrected chi connectivity index (χ1v) is 9.98. The van der Waals surface area contributed by atoms with Crippen LogP contribution in [-0.2, 0) is 25.7 Å². The quantitative estimate of drug-likeness (QED) is 0.330. The van der Waals surface area contributed by atoms with Crippen molar-refractivity contribution in [3.8, 4) is 11.1 Å². The Morgan fingerprint density at radius 1 is 0.500 bits per heavy atom. The fourth-order valence-electron chi connectivity index (χ4n) is 5.37. The molecule has 0 radical (unpaired) electrons. The number of hydrogen-bond donors (Lipinski definition) is 0. The second-order valence-electron chi connectivity index (χ2n) is 8.05. The second kappa shape index (κ2) is 5.86. The van der Waals surface area contributed by atoms with E-state index < -0.39 is 0 Å². The highest BCUT2D eigenvalue weighted by Crippen LogP contribution is 2.47. The summed E-state index contributed by atoms with van der Waals surface area (Å²) in [7, 11) is 0. The maximum atomic E-state index is 11.9. The molecule has 0 heterocycles. The third kappa shape index (κ3) is 2.13. The molecule has 6 nitrogen and oxygen atoms in total. The van der Waals surface area contributed by atoms with E-state index in [0.717, 1.165) is 58.7 Å². The summed E-state index contributed by atoms with van der Waals surface area (Å²) in [6, 6.07) is 14.7. The van der Waals surface area contributed by atoms with Crippen LogP contribution in [0.5, 0.6) is 0 Å². The molecule has 146 valence electrons. The van der Waals surface area contributed by atoms with Gasteiger partial charge in [0.25, 0.3) is 11.4 Å². The monoisotopic (exact) mass is 396 g/mol. The average molecular weight is 396 g/mol. The van der Waals surface area contributed by atoms with Crippen molar-refractivity contribution in [2.24, 2.45) is 0 Å². The van der Waals surface area contributed by atoms with E-state index in [1.54, 1.807) is 12.1 Å². The molecule has 0 amide bonds. The smallest absolute Gasteiger partial charge is 0.258 e. The largest absolute Gasteiger partial charge is 0.277 e. The SMILES string of the molecule is O=[N+]([O-])c1ccc2c3c(ccc(-c4ccc5c6c(ccc([N+](=O)[O-])c46)CC5)c13)CC2. The number of rotatable bonds is 3. The number of nitro benzene ring substituents is 2. The molecule has 0 spiro atoms. The van der Waals surface area contributed by atoms with E-state index in [1.807, 2.05) is 36.4 Å². The maximum Gasteiger partial charge on any atom is 0.277 e. The Hall–Kier alpha value is -3.80. The van der Waals surface area contributed by atoms with Gasteiger partial charge in [0.15, 0.2) is 0 Å². The van der Waals surface area contributed by atoms with Crippen LogP contribution >= 0.6 is 0 Å². The van der Waals surface area contributed by atoms with Crippen molar-refractivity contribution in [1.82, 2.24) is 0 Å². The molecule has 0 fully saturated rings. The summed E-state index contributed by atoms with van der Waals surface area (Å²) in [5, 5.41) is 26.9. The third-order valence-corrected chi connectivity index (χ3v) is 6.63. The van der Waals surface area contributed by atoms with Gasteiger partial charge < -0.3 is 0 Å². The molecule has 0 aliphatic heterocycles. The number of non-ortho nitro benzene ring substituents is 2. The average Bonchev–Trinajstić information content (AvgIpc) is 3.35. The molecule has 0 bridgehead atoms. The van der Waals surface area contributed by atoms with E-state index in [2.05, 4.69) is 0 Å². The van der Waals surface area contributed by atoms with Gasteiger partial charge in [0, 0.05) is 12.1 Å². The van der Waals surface area contributed by atoms with Crippen LogP contribution in [0.2, 0.25) is 0 Å². The zero-order valence-electron chi connectivity index (χ0n) is 16.0. The molecule has 6 heteroatoms. The molecule has 0 aromatic heterocycles. The van der Waals surface area contributed by atoms with Crippen LogP contribution in [0.4, 0.5) is 11.4 Å². The van der Waals surface area contributed by atoms with Crippen LogP contribution in [0, 0.1) is 20.2 Å². The minimum absolute atomic E-state index is 0.0541. The molecular weight excluding hydrogens is 380 g/mol. The zero-order chi connectivity index (χ0) is 20.6. The summed E-state index contributed by atoms with van der Waals surface area (Å²) in [4.78, 5) is 23.1. The van der Waals surface area contributed by atoms with Crippen molar-refractivity contribution in [3.05, 3.63) is 91.0 Å². The molecule has 0 saturated heterocycles. The molecule has 4 aromatic rings. The van der Waals surface area contributed by atoms with Crippen molar-refractivity contribution < 1.29 is 9.85 Å². The van der Waals surface area contributed by atoms with Crippen LogP contribution < -0.4 is 0 Å². The maximum absolute atomic E-state index is 11.9. The van der Waals surface area contributed by atoms with Crippen molar-refractivity contribution >= 4 is 32.9 Å². The highest BCUT2D eigenvalue weighted by molar-refractivity contribution is 6.14. The Morgan fingerprint density at radius 2 is 0.833 bits per heavy atom. The second-order valence-corrected chi connectivity index (χ2v) is 8.05. The number of nitrogens with zero attached hydrogens (tertiary/aromatic N) is 2. The molecule has 0 atom stereocenters. The first kappa shape index (κ1) is 17.1. The Bertz CT molecular complexity index is 1320. The van der Waals surface area contributed by atoms with Gasteiger partial charge in [-0.05, 0) is 69.8 Å². The minimum atomic E-state index is -0.348. The van der Waals surface area contributed by atoms with Crippen molar-refractivity contribution in [1.29, 1.82) is 0 Å². The lowest BCUT2D eigenvalue weighted by Gasteiger charge is -2.14. The Labute approximate surface area is 171 Å². The summed E-state index contributed by atoms with van der Waals surface area (Å²) >= 11 is 0. The standard InChI is InChI=1S/C24H16N2O4/c27-25(28)19-11-7-15-3-1-13-5-9-17(23(19)21(13)15)18-10-6-14-2-4-16-8-12-20(26(29)30)24(18)22(14)16/h5-12H,1-4H2. The van der Waals surface area contributed by atoms with E-state index in [1.165, 1.54) is 0 Å². The van der Waals surface area contributed by atoms with Crippen molar-refractivity contribution in [3.63, 3.8) is 0 Å². The van der Waals surface area contributed by atoms with Gasteiger partial charge in [-0.25, -0.2) is 0 Å². The molecule has 6 rings (SSSR count). The number of aryl methyl sites for hydroxylation is 4. The molecule has 2 aliphatic carbocycles. The lowest BCUT2D eigenvalue weighted by Crippen LogP contribution is -1.96. The summed E-state index contributed by atoms with van der Waals surface area (Å²) in [6.07, 6.45) is 3.43. The van der Waals surface area contributed by atoms with Gasteiger partial charge in [-0.3, -0.25) is 20.2 Å². The first-order chi connectivity index (χ1) is 14.5. The van der Waals surface area contributed by atoms with Gasteiger partial charge in [0.1, 0.15) is 0 Å². The highest BCUT2D eigenvalue weighted by Gasteiger charge is 2.28. The van der Waals surface area contributed by atoms with E-state index in [-0.39, 0.29) is 21.2 Å². The molecule has 30 heavy (non-hydrogen) atoms. The third-order valence-electron chi connectivity index (χ3n) is 6.63. The van der Waals surface area contributed by atoms with Crippen LogP contribution in [0.1, 0.15) is 22.3 Å². The summed E-state index contributed by atoms with van der Waals surface area (Å²) < 4.78 is 0. The Balaban J connectivity index is 1.81. The van der Waals surface area contributed by atoms with Crippen molar-refractivity contribution in [2.75, 3.05) is 0 Å². The van der Waals surface area contributed by atoms with Crippen LogP contribution in [0.3, 0.4) is 0 Å². The van der Waals surface area contributed by atoms with Gasteiger partial charge in [-0.1, -0.05) is 36.4 Å². The molecular formula is C24H16N2O4. The van der Waals surface area contributed by atoms with E-state index >= 15 is 0 Å². The van der Waals surface area contributed by atoms with Gasteiger partial charge in [0.2, 0.25) is 0 Å².